The van der Waals surface area contributed by atoms with Gasteiger partial charge in [0.2, 0.25) is 0 Å². The number of aryl methyl sites for hydroxylation is 3. The Morgan fingerprint density at radius 3 is 2.64 bits per heavy atom. The molecule has 0 N–H and O–H groups in total. The van der Waals surface area contributed by atoms with E-state index in [1.807, 2.05) is 0 Å². The third-order valence-electron chi connectivity index (χ3n) is 2.55. The van der Waals surface area contributed by atoms with Crippen molar-refractivity contribution in [3.8, 4) is 0 Å². The first-order chi connectivity index (χ1) is 6.48. The summed E-state index contributed by atoms with van der Waals surface area (Å²) in [4.78, 5) is 4.00. The van der Waals surface area contributed by atoms with Gasteiger partial charge >= 0.3 is 6.18 Å². The van der Waals surface area contributed by atoms with Crippen LogP contribution in [-0.4, -0.2) is 4.98 Å². The smallest absolute Gasteiger partial charge is 0.257 e. The minimum Gasteiger partial charge on any atom is -0.257 e. The van der Waals surface area contributed by atoms with Crippen LogP contribution in [0.5, 0.6) is 0 Å². The Morgan fingerprint density at radius 2 is 2.00 bits per heavy atom. The fourth-order valence-electron chi connectivity index (χ4n) is 1.86. The quantitative estimate of drug-likeness (QED) is 0.629. The largest absolute Gasteiger partial charge is 0.418 e. The topological polar surface area (TPSA) is 12.9 Å². The minimum absolute atomic E-state index is 0.0955. The van der Waals surface area contributed by atoms with Crippen LogP contribution >= 0.6 is 0 Å². The molecule has 1 aromatic rings. The van der Waals surface area contributed by atoms with Gasteiger partial charge in [0.05, 0.1) is 5.56 Å². The highest BCUT2D eigenvalue weighted by Crippen LogP contribution is 2.34. The molecule has 0 fully saturated rings. The summed E-state index contributed by atoms with van der Waals surface area (Å²) in [5.41, 5.74) is 1.12. The fourth-order valence-corrected chi connectivity index (χ4v) is 1.86. The summed E-state index contributed by atoms with van der Waals surface area (Å²) in [6.45, 7) is 1.42. The SMILES string of the molecule is Cc1nc2c(cc1C(F)(F)F)CCC2. The Morgan fingerprint density at radius 1 is 1.29 bits per heavy atom. The maximum Gasteiger partial charge on any atom is 0.418 e. The molecule has 0 amide bonds. The van der Waals surface area contributed by atoms with Crippen molar-refractivity contribution in [2.45, 2.75) is 32.4 Å². The molecule has 4 heteroatoms. The maximum atomic E-state index is 12.5. The summed E-state index contributed by atoms with van der Waals surface area (Å²) < 4.78 is 37.4. The molecule has 0 spiro atoms. The number of rotatable bonds is 0. The predicted molar refractivity (Wildman–Crippen MR) is 46.0 cm³/mol. The molecule has 0 saturated carbocycles. The molecule has 14 heavy (non-hydrogen) atoms. The lowest BCUT2D eigenvalue weighted by molar-refractivity contribution is -0.138. The van der Waals surface area contributed by atoms with Crippen molar-refractivity contribution >= 4 is 0 Å². The zero-order chi connectivity index (χ0) is 10.3. The van der Waals surface area contributed by atoms with Gasteiger partial charge in [-0.25, -0.2) is 0 Å². The Hall–Kier alpha value is -1.06. The van der Waals surface area contributed by atoms with Crippen LogP contribution in [-0.2, 0) is 19.0 Å². The second-order valence-corrected chi connectivity index (χ2v) is 3.58. The van der Waals surface area contributed by atoms with E-state index in [1.54, 1.807) is 0 Å². The van der Waals surface area contributed by atoms with Crippen molar-refractivity contribution in [3.63, 3.8) is 0 Å². The molecule has 1 heterocycles. The first-order valence-electron chi connectivity index (χ1n) is 4.55. The standard InChI is InChI=1S/C10H10F3N/c1-6-8(10(11,12)13)5-7-3-2-4-9(7)14-6/h5H,2-4H2,1H3. The molecule has 0 aliphatic heterocycles. The minimum atomic E-state index is -4.27. The van der Waals surface area contributed by atoms with Crippen molar-refractivity contribution < 1.29 is 13.2 Å². The number of hydrogen-bond acceptors (Lipinski definition) is 1. The second kappa shape index (κ2) is 2.97. The van der Waals surface area contributed by atoms with E-state index in [-0.39, 0.29) is 5.69 Å². The van der Waals surface area contributed by atoms with Gasteiger partial charge < -0.3 is 0 Å². The lowest BCUT2D eigenvalue weighted by atomic mass is 10.1. The van der Waals surface area contributed by atoms with Crippen LogP contribution in [0.25, 0.3) is 0 Å². The molecule has 0 atom stereocenters. The molecule has 1 aromatic heterocycles. The fraction of sp³-hybridized carbons (Fsp3) is 0.500. The van der Waals surface area contributed by atoms with Gasteiger partial charge in [0.1, 0.15) is 0 Å². The summed E-state index contributed by atoms with van der Waals surface area (Å²) in [6.07, 6.45) is -1.81. The highest BCUT2D eigenvalue weighted by atomic mass is 19.4. The number of nitrogens with zero attached hydrogens (tertiary/aromatic N) is 1. The van der Waals surface area contributed by atoms with Gasteiger partial charge in [-0.15, -0.1) is 0 Å². The third-order valence-corrected chi connectivity index (χ3v) is 2.55. The van der Waals surface area contributed by atoms with Crippen LogP contribution in [0.2, 0.25) is 0 Å². The van der Waals surface area contributed by atoms with Crippen LogP contribution in [0.1, 0.15) is 28.9 Å². The van der Waals surface area contributed by atoms with Crippen LogP contribution in [0.15, 0.2) is 6.07 Å². The molecule has 0 bridgehead atoms. The monoisotopic (exact) mass is 201 g/mol. The van der Waals surface area contributed by atoms with Crippen LogP contribution in [0.4, 0.5) is 13.2 Å². The maximum absolute atomic E-state index is 12.5. The summed E-state index contributed by atoms with van der Waals surface area (Å²) in [5.74, 6) is 0. The van der Waals surface area contributed by atoms with Gasteiger partial charge in [-0.05, 0) is 37.8 Å². The van der Waals surface area contributed by atoms with Gasteiger partial charge in [0, 0.05) is 11.4 Å². The van der Waals surface area contributed by atoms with Crippen LogP contribution < -0.4 is 0 Å². The average Bonchev–Trinajstić information content (AvgIpc) is 2.47. The van der Waals surface area contributed by atoms with E-state index in [4.69, 9.17) is 0 Å². The number of aromatic nitrogens is 1. The lowest BCUT2D eigenvalue weighted by Gasteiger charge is -2.11. The molecular weight excluding hydrogens is 191 g/mol. The summed E-state index contributed by atoms with van der Waals surface area (Å²) in [5, 5.41) is 0. The van der Waals surface area contributed by atoms with E-state index in [0.29, 0.717) is 0 Å². The van der Waals surface area contributed by atoms with Gasteiger partial charge in [0.25, 0.3) is 0 Å². The molecule has 2 rings (SSSR count). The van der Waals surface area contributed by atoms with E-state index in [2.05, 4.69) is 4.98 Å². The number of alkyl halides is 3. The third kappa shape index (κ3) is 1.49. The number of fused-ring (bicyclic) bond motifs is 1. The number of halogens is 3. The Labute approximate surface area is 80.0 Å². The Kier molecular flexibility index (Phi) is 2.01. The summed E-state index contributed by atoms with van der Waals surface area (Å²) in [6, 6.07) is 1.25. The molecule has 76 valence electrons. The molecule has 0 saturated heterocycles. The van der Waals surface area contributed by atoms with Crippen molar-refractivity contribution in [2.24, 2.45) is 0 Å². The van der Waals surface area contributed by atoms with Gasteiger partial charge in [0.15, 0.2) is 0 Å². The Balaban J connectivity index is 2.53. The zero-order valence-electron chi connectivity index (χ0n) is 7.78. The predicted octanol–water partition coefficient (Wildman–Crippen LogP) is 2.90. The van der Waals surface area contributed by atoms with Crippen molar-refractivity contribution in [3.05, 3.63) is 28.6 Å². The molecule has 0 aromatic carbocycles. The van der Waals surface area contributed by atoms with E-state index in [1.165, 1.54) is 13.0 Å². The first-order valence-corrected chi connectivity index (χ1v) is 4.55. The van der Waals surface area contributed by atoms with Crippen LogP contribution in [0, 0.1) is 6.92 Å². The lowest BCUT2D eigenvalue weighted by Crippen LogP contribution is -2.10. The van der Waals surface area contributed by atoms with Gasteiger partial charge in [-0.3, -0.25) is 4.98 Å². The second-order valence-electron chi connectivity index (χ2n) is 3.58. The molecule has 0 unspecified atom stereocenters. The van der Waals surface area contributed by atoms with E-state index >= 15 is 0 Å². The van der Waals surface area contributed by atoms with Crippen molar-refractivity contribution in [1.29, 1.82) is 0 Å². The number of pyridine rings is 1. The van der Waals surface area contributed by atoms with Gasteiger partial charge in [-0.1, -0.05) is 0 Å². The Bertz CT molecular complexity index is 368. The first kappa shape index (κ1) is 9.49. The van der Waals surface area contributed by atoms with Crippen LogP contribution in [0.3, 0.4) is 0 Å². The van der Waals surface area contributed by atoms with E-state index in [0.717, 1.165) is 30.5 Å². The van der Waals surface area contributed by atoms with Crippen molar-refractivity contribution in [1.82, 2.24) is 4.98 Å². The van der Waals surface area contributed by atoms with Gasteiger partial charge in [-0.2, -0.15) is 13.2 Å². The summed E-state index contributed by atoms with van der Waals surface area (Å²) >= 11 is 0. The van der Waals surface area contributed by atoms with E-state index < -0.39 is 11.7 Å². The number of hydrogen-bond donors (Lipinski definition) is 0. The van der Waals surface area contributed by atoms with Crippen molar-refractivity contribution in [2.75, 3.05) is 0 Å². The summed E-state index contributed by atoms with van der Waals surface area (Å²) in [7, 11) is 0. The normalized spacial score (nSPS) is 15.7. The van der Waals surface area contributed by atoms with E-state index in [9.17, 15) is 13.2 Å². The molecular formula is C10H10F3N. The zero-order valence-corrected chi connectivity index (χ0v) is 7.78. The molecule has 0 radical (unpaired) electrons. The molecule has 1 aliphatic rings. The highest BCUT2D eigenvalue weighted by Gasteiger charge is 2.34. The molecule has 1 nitrogen and oxygen atoms in total. The highest BCUT2D eigenvalue weighted by molar-refractivity contribution is 5.34. The molecule has 1 aliphatic carbocycles. The average molecular weight is 201 g/mol.